The number of aliphatic carboxylic acids is 2. The number of hydrogen-bond acceptors (Lipinski definition) is 6. The van der Waals surface area contributed by atoms with Gasteiger partial charge in [-0.05, 0) is 12.3 Å². The number of rotatable bonds is 4. The highest BCUT2D eigenvalue weighted by Crippen LogP contribution is 2.55. The second-order valence-corrected chi connectivity index (χ2v) is 6.13. The van der Waals surface area contributed by atoms with Crippen LogP contribution in [0.5, 0.6) is 0 Å². The second kappa shape index (κ2) is 3.77. The molecule has 0 aliphatic heterocycles. The molecule has 1 fully saturated rings. The van der Waals surface area contributed by atoms with Gasteiger partial charge in [-0.2, -0.15) is 18.6 Å². The average Bonchev–Trinajstić information content (AvgIpc) is 2.86. The summed E-state index contributed by atoms with van der Waals surface area (Å²) in [6, 6.07) is 0. The van der Waals surface area contributed by atoms with Gasteiger partial charge in [0.2, 0.25) is 4.75 Å². The molecular weight excluding hydrogens is 266 g/mol. The minimum absolute atomic E-state index is 0.145. The van der Waals surface area contributed by atoms with Crippen LogP contribution in [0.25, 0.3) is 0 Å². The van der Waals surface area contributed by atoms with Gasteiger partial charge in [-0.1, -0.05) is 12.2 Å². The molecule has 0 heterocycles. The van der Waals surface area contributed by atoms with Crippen molar-refractivity contribution in [2.45, 2.75) is 11.2 Å². The molecule has 2 aliphatic carbocycles. The number of fused-ring (bicyclic) bond motifs is 2. The largest absolute Gasteiger partial charge is 0.481 e. The van der Waals surface area contributed by atoms with E-state index in [1.807, 2.05) is 0 Å². The Morgan fingerprint density at radius 2 is 1.94 bits per heavy atom. The molecule has 1 saturated carbocycles. The average molecular weight is 277 g/mol. The molecule has 100 valence electrons. The van der Waals surface area contributed by atoms with Crippen LogP contribution in [0.3, 0.4) is 0 Å². The molecule has 8 nitrogen and oxygen atoms in total. The maximum Gasteiger partial charge on any atom is 0.329 e. The van der Waals surface area contributed by atoms with Crippen molar-refractivity contribution in [1.82, 2.24) is 0 Å². The zero-order valence-corrected chi connectivity index (χ0v) is 9.83. The van der Waals surface area contributed by atoms with Crippen molar-refractivity contribution in [3.8, 4) is 0 Å². The Bertz CT molecular complexity index is 539. The molecule has 9 heteroatoms. The molecule has 0 aromatic heterocycles. The maximum atomic E-state index is 11.8. The first-order chi connectivity index (χ1) is 8.29. The highest BCUT2D eigenvalue weighted by molar-refractivity contribution is 7.89. The summed E-state index contributed by atoms with van der Waals surface area (Å²) in [6.45, 7) is 0. The molecule has 2 rings (SSSR count). The highest BCUT2D eigenvalue weighted by atomic mass is 32.2. The summed E-state index contributed by atoms with van der Waals surface area (Å²) in [7, 11) is -4.74. The Balaban J connectivity index is 2.71. The van der Waals surface area contributed by atoms with Crippen LogP contribution in [0.2, 0.25) is 0 Å². The monoisotopic (exact) mass is 277 g/mol. The van der Waals surface area contributed by atoms with Crippen molar-refractivity contribution in [3.05, 3.63) is 12.2 Å². The predicted octanol–water partition coefficient (Wildman–Crippen LogP) is -1.06. The Labute approximate surface area is 102 Å². The fourth-order valence-corrected chi connectivity index (χ4v) is 4.53. The van der Waals surface area contributed by atoms with E-state index in [0.717, 1.165) is 0 Å². The molecule has 18 heavy (non-hydrogen) atoms. The zero-order valence-electron chi connectivity index (χ0n) is 9.02. The molecule has 2 bridgehead atoms. The molecular formula is C9H11NO7S. The molecule has 0 aromatic carbocycles. The van der Waals surface area contributed by atoms with Crippen LogP contribution in [0.15, 0.2) is 12.2 Å². The fourth-order valence-electron chi connectivity index (χ4n) is 3.03. The Kier molecular flexibility index (Phi) is 2.72. The van der Waals surface area contributed by atoms with Gasteiger partial charge in [0.25, 0.3) is 0 Å². The number of hydrogen-bond donors (Lipinski definition) is 3. The molecule has 0 spiro atoms. The summed E-state index contributed by atoms with van der Waals surface area (Å²) in [5.41, 5.74) is 0. The second-order valence-electron chi connectivity index (χ2n) is 4.36. The minimum atomic E-state index is -4.74. The van der Waals surface area contributed by atoms with Crippen molar-refractivity contribution < 1.29 is 32.5 Å². The summed E-state index contributed by atoms with van der Waals surface area (Å²) in [5, 5.41) is 18.4. The summed E-state index contributed by atoms with van der Waals surface area (Å²) in [5.74, 6) is -1.80. The van der Waals surface area contributed by atoms with Gasteiger partial charge in [0.15, 0.2) is 0 Å². The number of carboxylic acids is 2. The third kappa shape index (κ3) is 1.29. The van der Waals surface area contributed by atoms with Gasteiger partial charge in [-0.15, -0.1) is 0 Å². The third-order valence-electron chi connectivity index (χ3n) is 3.70. The van der Waals surface area contributed by atoms with E-state index >= 15 is 0 Å². The van der Waals surface area contributed by atoms with Crippen LogP contribution >= 0.6 is 0 Å². The lowest BCUT2D eigenvalue weighted by atomic mass is 9.82. The maximum absolute atomic E-state index is 11.8. The van der Waals surface area contributed by atoms with Crippen LogP contribution in [0.4, 0.5) is 0 Å². The Morgan fingerprint density at radius 1 is 1.33 bits per heavy atom. The smallest absolute Gasteiger partial charge is 0.329 e. The quantitative estimate of drug-likeness (QED) is 0.435. The highest BCUT2D eigenvalue weighted by Gasteiger charge is 2.71. The van der Waals surface area contributed by atoms with Gasteiger partial charge in [0.05, 0.1) is 5.92 Å². The van der Waals surface area contributed by atoms with Crippen molar-refractivity contribution in [2.24, 2.45) is 23.7 Å². The summed E-state index contributed by atoms with van der Waals surface area (Å²) in [6.07, 6.45) is 3.07. The van der Waals surface area contributed by atoms with Gasteiger partial charge < -0.3 is 10.2 Å². The standard InChI is InChI=1S/C9H11NO7S/c10-17-18(15,16)9(8(13)14)5-2-1-4(3-5)6(9)7(11)12/h1-2,4-6H,3,10H2,(H,11,12)(H,13,14). The van der Waals surface area contributed by atoms with Crippen LogP contribution < -0.4 is 5.90 Å². The first-order valence-corrected chi connectivity index (χ1v) is 6.47. The van der Waals surface area contributed by atoms with E-state index in [0.29, 0.717) is 0 Å². The van der Waals surface area contributed by atoms with E-state index < -0.39 is 44.6 Å². The molecule has 4 atom stereocenters. The van der Waals surface area contributed by atoms with E-state index in [-0.39, 0.29) is 6.42 Å². The van der Waals surface area contributed by atoms with Gasteiger partial charge in [0.1, 0.15) is 0 Å². The number of nitrogens with two attached hydrogens (primary N) is 1. The molecule has 0 radical (unpaired) electrons. The molecule has 4 N–H and O–H groups in total. The van der Waals surface area contributed by atoms with Crippen LogP contribution in [0.1, 0.15) is 6.42 Å². The number of carbonyl (C=O) groups is 2. The first kappa shape index (κ1) is 13.0. The number of carboxylic acid groups (broad SMARTS) is 2. The van der Waals surface area contributed by atoms with Crippen molar-refractivity contribution in [1.29, 1.82) is 0 Å². The summed E-state index contributed by atoms with van der Waals surface area (Å²) < 4.78 is 25.0. The molecule has 0 saturated heterocycles. The lowest BCUT2D eigenvalue weighted by Gasteiger charge is -2.33. The van der Waals surface area contributed by atoms with E-state index in [1.54, 1.807) is 0 Å². The lowest BCUT2D eigenvalue weighted by Crippen LogP contribution is -2.58. The molecule has 0 amide bonds. The summed E-state index contributed by atoms with van der Waals surface area (Å²) >= 11 is 0. The van der Waals surface area contributed by atoms with Crippen LogP contribution in [-0.2, 0) is 24.0 Å². The lowest BCUT2D eigenvalue weighted by molar-refractivity contribution is -0.152. The van der Waals surface area contributed by atoms with Crippen molar-refractivity contribution >= 4 is 22.1 Å². The van der Waals surface area contributed by atoms with E-state index in [2.05, 4.69) is 10.2 Å². The van der Waals surface area contributed by atoms with E-state index in [9.17, 15) is 23.1 Å². The number of allylic oxidation sites excluding steroid dienone is 2. The van der Waals surface area contributed by atoms with Gasteiger partial charge in [0, 0.05) is 5.92 Å². The summed E-state index contributed by atoms with van der Waals surface area (Å²) in [4.78, 5) is 22.6. The normalized spacial score (nSPS) is 37.9. The minimum Gasteiger partial charge on any atom is -0.481 e. The zero-order chi connectivity index (χ0) is 13.7. The van der Waals surface area contributed by atoms with Gasteiger partial charge in [-0.25, -0.2) is 0 Å². The van der Waals surface area contributed by atoms with Crippen LogP contribution in [-0.4, -0.2) is 35.3 Å². The fraction of sp³-hybridized carbons (Fsp3) is 0.556. The predicted molar refractivity (Wildman–Crippen MR) is 56.4 cm³/mol. The van der Waals surface area contributed by atoms with Crippen molar-refractivity contribution in [2.75, 3.05) is 0 Å². The molecule has 2 aliphatic rings. The topological polar surface area (TPSA) is 144 Å². The molecule has 4 unspecified atom stereocenters. The van der Waals surface area contributed by atoms with E-state index in [1.165, 1.54) is 12.2 Å². The van der Waals surface area contributed by atoms with Gasteiger partial charge >= 0.3 is 22.1 Å². The van der Waals surface area contributed by atoms with Gasteiger partial charge in [-0.3, -0.25) is 9.59 Å². The van der Waals surface area contributed by atoms with Crippen molar-refractivity contribution in [3.63, 3.8) is 0 Å². The third-order valence-corrected chi connectivity index (χ3v) is 5.51. The first-order valence-electron chi connectivity index (χ1n) is 5.06. The van der Waals surface area contributed by atoms with E-state index in [4.69, 9.17) is 5.11 Å². The molecule has 0 aromatic rings. The Hall–Kier alpha value is -1.45. The SMILES string of the molecule is NOS(=O)(=O)C1(C(=O)O)C2C=CC(C2)C1C(=O)O. The Morgan fingerprint density at radius 3 is 2.39 bits per heavy atom. The van der Waals surface area contributed by atoms with Crippen LogP contribution in [0, 0.1) is 17.8 Å².